The Morgan fingerprint density at radius 2 is 1.88 bits per heavy atom. The molecule has 1 aliphatic rings. The highest BCUT2D eigenvalue weighted by molar-refractivity contribution is 7.18. The molecule has 3 aromatic rings. The summed E-state index contributed by atoms with van der Waals surface area (Å²) in [5.41, 5.74) is 2.24. The van der Waals surface area contributed by atoms with Crippen molar-refractivity contribution in [3.63, 3.8) is 0 Å². The molecule has 0 unspecified atom stereocenters. The van der Waals surface area contributed by atoms with Crippen molar-refractivity contribution < 1.29 is 14.3 Å². The van der Waals surface area contributed by atoms with Crippen LogP contribution in [0.1, 0.15) is 26.8 Å². The number of rotatable bonds is 3. The molecule has 0 radical (unpaired) electrons. The molecule has 0 spiro atoms. The number of hydrogen-bond acceptors (Lipinski definition) is 7. The van der Waals surface area contributed by atoms with Crippen LogP contribution in [0.15, 0.2) is 12.1 Å². The van der Waals surface area contributed by atoms with Gasteiger partial charge in [-0.05, 0) is 36.6 Å². The van der Waals surface area contributed by atoms with Gasteiger partial charge in [0.05, 0.1) is 14.2 Å². The largest absolute Gasteiger partial charge is 0.493 e. The second-order valence-corrected chi connectivity index (χ2v) is 6.76. The maximum Gasteiger partial charge on any atom is 0.285 e. The zero-order chi connectivity index (χ0) is 17.6. The number of aromatic nitrogens is 4. The number of benzene rings is 1. The molecule has 25 heavy (non-hydrogen) atoms. The number of ether oxygens (including phenoxy) is 2. The second kappa shape index (κ2) is 5.99. The molecular formula is C16H17N5O3S. The Morgan fingerprint density at radius 1 is 1.16 bits per heavy atom. The van der Waals surface area contributed by atoms with E-state index >= 15 is 0 Å². The summed E-state index contributed by atoms with van der Waals surface area (Å²) in [5, 5.41) is 12.7. The minimum Gasteiger partial charge on any atom is -0.493 e. The molecule has 1 amide bonds. The number of fused-ring (bicyclic) bond motifs is 2. The molecule has 8 nitrogen and oxygen atoms in total. The molecule has 0 saturated carbocycles. The van der Waals surface area contributed by atoms with Crippen molar-refractivity contribution in [1.82, 2.24) is 24.7 Å². The summed E-state index contributed by atoms with van der Waals surface area (Å²) in [7, 11) is 3.23. The lowest BCUT2D eigenvalue weighted by atomic mass is 9.99. The topological polar surface area (TPSA) is 81.9 Å². The lowest BCUT2D eigenvalue weighted by molar-refractivity contribution is 0.0732. The van der Waals surface area contributed by atoms with Gasteiger partial charge in [-0.1, -0.05) is 11.3 Å². The van der Waals surface area contributed by atoms with Crippen molar-refractivity contribution in [3.05, 3.63) is 34.1 Å². The summed E-state index contributed by atoms with van der Waals surface area (Å²) in [5.74, 6) is 1.97. The molecule has 3 heterocycles. The SMILES string of the molecule is COc1cc2c(cc1OC)CN(C(=O)c1nn3c(C)nnc3s1)CC2. The summed E-state index contributed by atoms with van der Waals surface area (Å²) >= 11 is 1.26. The van der Waals surface area contributed by atoms with Crippen LogP contribution in [0.4, 0.5) is 0 Å². The number of hydrogen-bond donors (Lipinski definition) is 0. The number of carbonyl (C=O) groups is 1. The van der Waals surface area contributed by atoms with Crippen LogP contribution in [0.3, 0.4) is 0 Å². The lowest BCUT2D eigenvalue weighted by Gasteiger charge is -2.28. The maximum atomic E-state index is 12.8. The summed E-state index contributed by atoms with van der Waals surface area (Å²) in [6.45, 7) is 2.97. The van der Waals surface area contributed by atoms with Gasteiger partial charge in [0.15, 0.2) is 17.3 Å². The van der Waals surface area contributed by atoms with Gasteiger partial charge in [0.1, 0.15) is 0 Å². The van der Waals surface area contributed by atoms with Gasteiger partial charge in [-0.2, -0.15) is 4.52 Å². The van der Waals surface area contributed by atoms with Gasteiger partial charge in [0.2, 0.25) is 9.97 Å². The first-order chi connectivity index (χ1) is 12.1. The van der Waals surface area contributed by atoms with Crippen LogP contribution in [-0.2, 0) is 13.0 Å². The third-order valence-corrected chi connectivity index (χ3v) is 5.22. The molecule has 0 saturated heterocycles. The van der Waals surface area contributed by atoms with E-state index in [4.69, 9.17) is 9.47 Å². The minimum absolute atomic E-state index is 0.0877. The third kappa shape index (κ3) is 2.60. The molecule has 1 aromatic carbocycles. The molecule has 0 aliphatic carbocycles. The first kappa shape index (κ1) is 15.8. The fourth-order valence-corrected chi connectivity index (χ4v) is 3.85. The predicted molar refractivity (Wildman–Crippen MR) is 91.4 cm³/mol. The lowest BCUT2D eigenvalue weighted by Crippen LogP contribution is -2.36. The van der Waals surface area contributed by atoms with Crippen LogP contribution in [-0.4, -0.2) is 51.4 Å². The van der Waals surface area contributed by atoms with Gasteiger partial charge in [0.25, 0.3) is 5.91 Å². The molecule has 2 aromatic heterocycles. The van der Waals surface area contributed by atoms with Gasteiger partial charge < -0.3 is 14.4 Å². The number of aryl methyl sites for hydroxylation is 1. The highest BCUT2D eigenvalue weighted by Gasteiger charge is 2.26. The Balaban J connectivity index is 1.61. The molecular weight excluding hydrogens is 342 g/mol. The summed E-state index contributed by atoms with van der Waals surface area (Å²) in [6, 6.07) is 3.93. The van der Waals surface area contributed by atoms with Gasteiger partial charge in [-0.3, -0.25) is 4.79 Å². The average molecular weight is 359 g/mol. The van der Waals surface area contributed by atoms with Crippen LogP contribution < -0.4 is 9.47 Å². The van der Waals surface area contributed by atoms with Crippen LogP contribution in [0.2, 0.25) is 0 Å². The van der Waals surface area contributed by atoms with E-state index < -0.39 is 0 Å². The smallest absolute Gasteiger partial charge is 0.285 e. The van der Waals surface area contributed by atoms with E-state index in [1.165, 1.54) is 16.9 Å². The highest BCUT2D eigenvalue weighted by Crippen LogP contribution is 2.33. The minimum atomic E-state index is -0.0877. The van der Waals surface area contributed by atoms with Crippen molar-refractivity contribution in [3.8, 4) is 11.5 Å². The molecule has 0 N–H and O–H groups in total. The van der Waals surface area contributed by atoms with Crippen LogP contribution >= 0.6 is 11.3 Å². The van der Waals surface area contributed by atoms with Gasteiger partial charge in [0, 0.05) is 13.1 Å². The Bertz CT molecular complexity index is 964. The fraction of sp³-hybridized carbons (Fsp3) is 0.375. The summed E-state index contributed by atoms with van der Waals surface area (Å²) in [6.07, 6.45) is 0.768. The zero-order valence-corrected chi connectivity index (χ0v) is 15.0. The van der Waals surface area contributed by atoms with E-state index in [-0.39, 0.29) is 5.91 Å². The van der Waals surface area contributed by atoms with Crippen molar-refractivity contribution in [2.45, 2.75) is 19.9 Å². The molecule has 9 heteroatoms. The normalized spacial score (nSPS) is 13.8. The van der Waals surface area contributed by atoms with Gasteiger partial charge >= 0.3 is 0 Å². The summed E-state index contributed by atoms with van der Waals surface area (Å²) in [4.78, 5) is 15.3. The molecule has 1 aliphatic heterocycles. The quantitative estimate of drug-likeness (QED) is 0.708. The van der Waals surface area contributed by atoms with Crippen molar-refractivity contribution in [1.29, 1.82) is 0 Å². The number of amides is 1. The first-order valence-electron chi connectivity index (χ1n) is 7.82. The second-order valence-electron chi connectivity index (χ2n) is 5.80. The van der Waals surface area contributed by atoms with E-state index in [0.29, 0.717) is 40.4 Å². The maximum absolute atomic E-state index is 12.8. The summed E-state index contributed by atoms with van der Waals surface area (Å²) < 4.78 is 12.3. The Labute approximate surface area is 148 Å². The molecule has 0 bridgehead atoms. The fourth-order valence-electron chi connectivity index (χ4n) is 2.99. The number of methoxy groups -OCH3 is 2. The van der Waals surface area contributed by atoms with E-state index in [9.17, 15) is 4.79 Å². The van der Waals surface area contributed by atoms with E-state index in [0.717, 1.165) is 12.0 Å². The molecule has 130 valence electrons. The number of nitrogens with zero attached hydrogens (tertiary/aromatic N) is 5. The molecule has 0 atom stereocenters. The van der Waals surface area contributed by atoms with Crippen molar-refractivity contribution in [2.75, 3.05) is 20.8 Å². The Hall–Kier alpha value is -2.68. The average Bonchev–Trinajstić information content (AvgIpc) is 3.21. The number of carbonyl (C=O) groups excluding carboxylic acids is 1. The molecule has 0 fully saturated rings. The van der Waals surface area contributed by atoms with Crippen LogP contribution in [0, 0.1) is 6.92 Å². The van der Waals surface area contributed by atoms with Crippen molar-refractivity contribution in [2.24, 2.45) is 0 Å². The predicted octanol–water partition coefficient (Wildman–Crippen LogP) is 1.71. The van der Waals surface area contributed by atoms with Gasteiger partial charge in [-0.15, -0.1) is 15.3 Å². The van der Waals surface area contributed by atoms with E-state index in [1.54, 1.807) is 23.6 Å². The zero-order valence-electron chi connectivity index (χ0n) is 14.1. The first-order valence-corrected chi connectivity index (χ1v) is 8.64. The van der Waals surface area contributed by atoms with Crippen LogP contribution in [0.5, 0.6) is 11.5 Å². The van der Waals surface area contributed by atoms with E-state index in [2.05, 4.69) is 15.3 Å². The highest BCUT2D eigenvalue weighted by atomic mass is 32.1. The van der Waals surface area contributed by atoms with Crippen LogP contribution in [0.25, 0.3) is 4.96 Å². The Morgan fingerprint density at radius 3 is 2.56 bits per heavy atom. The Kier molecular flexibility index (Phi) is 3.79. The monoisotopic (exact) mass is 359 g/mol. The molecule has 4 rings (SSSR count). The van der Waals surface area contributed by atoms with E-state index in [1.807, 2.05) is 19.1 Å². The van der Waals surface area contributed by atoms with Gasteiger partial charge in [-0.25, -0.2) is 0 Å². The third-order valence-electron chi connectivity index (χ3n) is 4.33. The van der Waals surface area contributed by atoms with Crippen molar-refractivity contribution >= 4 is 22.2 Å². The standard InChI is InChI=1S/C16H17N5O3S/c1-9-17-18-16-21(9)19-14(25-16)15(22)20-5-4-10-6-12(23-2)13(24-3)7-11(10)8-20/h6-7H,4-5,8H2,1-3H3.